The van der Waals surface area contributed by atoms with Gasteiger partial charge in [-0.2, -0.15) is 0 Å². The van der Waals surface area contributed by atoms with Gasteiger partial charge in [0.1, 0.15) is 0 Å². The van der Waals surface area contributed by atoms with Gasteiger partial charge in [0.2, 0.25) is 5.91 Å². The highest BCUT2D eigenvalue weighted by Gasteiger charge is 2.11. The van der Waals surface area contributed by atoms with Crippen LogP contribution in [-0.2, 0) is 4.79 Å². The summed E-state index contributed by atoms with van der Waals surface area (Å²) in [6.45, 7) is 2.46. The van der Waals surface area contributed by atoms with E-state index in [2.05, 4.69) is 16.0 Å². The average Bonchev–Trinajstić information content (AvgIpc) is 2.31. The normalized spacial score (nSPS) is 11.1. The van der Waals surface area contributed by atoms with Gasteiger partial charge in [-0.25, -0.2) is 4.79 Å². The number of nitrogens with one attached hydrogen (secondary N) is 3. The summed E-state index contributed by atoms with van der Waals surface area (Å²) in [5.41, 5.74) is 6.26. The van der Waals surface area contributed by atoms with Gasteiger partial charge < -0.3 is 21.7 Å². The van der Waals surface area contributed by atoms with Gasteiger partial charge in [0, 0.05) is 23.8 Å². The van der Waals surface area contributed by atoms with Crippen molar-refractivity contribution in [1.82, 2.24) is 5.32 Å². The third-order valence-corrected chi connectivity index (χ3v) is 2.38. The largest absolute Gasteiger partial charge is 0.351 e. The quantitative estimate of drug-likeness (QED) is 0.658. The number of benzene rings is 1. The summed E-state index contributed by atoms with van der Waals surface area (Å²) in [7, 11) is 1.80. The highest BCUT2D eigenvalue weighted by atomic mass is 35.5. The van der Waals surface area contributed by atoms with E-state index in [4.69, 9.17) is 5.73 Å². The lowest BCUT2D eigenvalue weighted by Gasteiger charge is -2.11. The first-order chi connectivity index (χ1) is 8.52. The number of nitrogens with two attached hydrogens (primary N) is 1. The molecule has 0 spiro atoms. The molecule has 0 aliphatic rings. The van der Waals surface area contributed by atoms with Crippen molar-refractivity contribution in [3.05, 3.63) is 24.3 Å². The van der Waals surface area contributed by atoms with Crippen LogP contribution in [-0.4, -0.2) is 25.5 Å². The minimum absolute atomic E-state index is 0. The molecule has 5 N–H and O–H groups in total. The molecule has 0 saturated heterocycles. The highest BCUT2D eigenvalue weighted by Crippen LogP contribution is 2.14. The maximum atomic E-state index is 11.7. The number of carbonyl (C=O) groups is 2. The van der Waals surface area contributed by atoms with Gasteiger partial charge in [-0.3, -0.25) is 4.79 Å². The number of halogens is 1. The summed E-state index contributed by atoms with van der Waals surface area (Å²) in [6, 6.07) is 6.13. The molecule has 106 valence electrons. The van der Waals surface area contributed by atoms with E-state index in [9.17, 15) is 9.59 Å². The summed E-state index contributed by atoms with van der Waals surface area (Å²) in [5, 5.41) is 8.17. The predicted octanol–water partition coefficient (Wildman–Crippen LogP) is 1.39. The number of anilines is 2. The maximum absolute atomic E-state index is 11.7. The molecular formula is C12H19ClN4O2. The molecule has 0 bridgehead atoms. The standard InChI is InChI=1S/C12H18N4O2.ClH/c1-8(7-14-2)11(17)15-9-3-5-10(6-4-9)16-12(13)18;/h3-6,8,14H,7H2,1-2H3,(H,15,17)(H3,13,16,18);1H. The molecule has 0 heterocycles. The third-order valence-electron chi connectivity index (χ3n) is 2.38. The predicted molar refractivity (Wildman–Crippen MR) is 78.6 cm³/mol. The maximum Gasteiger partial charge on any atom is 0.316 e. The number of urea groups is 1. The second-order valence-electron chi connectivity index (χ2n) is 4.01. The number of hydrogen-bond acceptors (Lipinski definition) is 3. The fraction of sp³-hybridized carbons (Fsp3) is 0.333. The fourth-order valence-electron chi connectivity index (χ4n) is 1.44. The molecule has 0 aliphatic carbocycles. The summed E-state index contributed by atoms with van der Waals surface area (Å²) in [4.78, 5) is 22.4. The molecule has 1 aromatic rings. The molecule has 0 aliphatic heterocycles. The Hall–Kier alpha value is -1.79. The highest BCUT2D eigenvalue weighted by molar-refractivity contribution is 5.93. The van der Waals surface area contributed by atoms with Crippen LogP contribution in [0.2, 0.25) is 0 Å². The van der Waals surface area contributed by atoms with Crippen LogP contribution in [0.25, 0.3) is 0 Å². The molecule has 1 aromatic carbocycles. The van der Waals surface area contributed by atoms with E-state index < -0.39 is 6.03 Å². The van der Waals surface area contributed by atoms with Crippen LogP contribution >= 0.6 is 12.4 Å². The molecule has 7 heteroatoms. The Morgan fingerprint density at radius 2 is 1.63 bits per heavy atom. The van der Waals surface area contributed by atoms with Gasteiger partial charge in [-0.1, -0.05) is 6.92 Å². The molecule has 0 aromatic heterocycles. The third kappa shape index (κ3) is 6.08. The Balaban J connectivity index is 0.00000324. The Kier molecular flexibility index (Phi) is 7.55. The molecule has 6 nitrogen and oxygen atoms in total. The molecule has 1 unspecified atom stereocenters. The van der Waals surface area contributed by atoms with E-state index in [1.54, 1.807) is 31.3 Å². The van der Waals surface area contributed by atoms with Crippen LogP contribution in [0.15, 0.2) is 24.3 Å². The summed E-state index contributed by atoms with van der Waals surface area (Å²) in [5.74, 6) is -0.168. The Morgan fingerprint density at radius 3 is 2.05 bits per heavy atom. The number of rotatable bonds is 5. The Morgan fingerprint density at radius 1 is 1.16 bits per heavy atom. The van der Waals surface area contributed by atoms with Crippen molar-refractivity contribution in [3.8, 4) is 0 Å². The van der Waals surface area contributed by atoms with Gasteiger partial charge in [0.15, 0.2) is 0 Å². The number of carbonyl (C=O) groups excluding carboxylic acids is 2. The smallest absolute Gasteiger partial charge is 0.316 e. The topological polar surface area (TPSA) is 96.2 Å². The van der Waals surface area contributed by atoms with Crippen LogP contribution < -0.4 is 21.7 Å². The first-order valence-electron chi connectivity index (χ1n) is 5.65. The fourth-order valence-corrected chi connectivity index (χ4v) is 1.44. The van der Waals surface area contributed by atoms with Gasteiger partial charge in [0.05, 0.1) is 0 Å². The first-order valence-corrected chi connectivity index (χ1v) is 5.65. The molecular weight excluding hydrogens is 268 g/mol. The molecule has 0 fully saturated rings. The lowest BCUT2D eigenvalue weighted by atomic mass is 10.1. The molecule has 1 atom stereocenters. The molecule has 19 heavy (non-hydrogen) atoms. The second-order valence-corrected chi connectivity index (χ2v) is 4.01. The van der Waals surface area contributed by atoms with Crippen LogP contribution in [0.1, 0.15) is 6.92 Å². The number of amides is 3. The van der Waals surface area contributed by atoms with Crippen LogP contribution in [0.3, 0.4) is 0 Å². The van der Waals surface area contributed by atoms with Crippen molar-refractivity contribution in [3.63, 3.8) is 0 Å². The van der Waals surface area contributed by atoms with Crippen molar-refractivity contribution >= 4 is 35.7 Å². The Labute approximate surface area is 118 Å². The molecule has 3 amide bonds. The van der Waals surface area contributed by atoms with Crippen molar-refractivity contribution in [1.29, 1.82) is 0 Å². The van der Waals surface area contributed by atoms with Gasteiger partial charge in [-0.05, 0) is 31.3 Å². The molecule has 0 radical (unpaired) electrons. The lowest BCUT2D eigenvalue weighted by molar-refractivity contribution is -0.119. The summed E-state index contributed by atoms with van der Waals surface area (Å²) in [6.07, 6.45) is 0. The number of hydrogen-bond donors (Lipinski definition) is 4. The van der Waals surface area contributed by atoms with Gasteiger partial charge in [0.25, 0.3) is 0 Å². The van der Waals surface area contributed by atoms with Gasteiger partial charge in [-0.15, -0.1) is 12.4 Å². The van der Waals surface area contributed by atoms with Crippen LogP contribution in [0, 0.1) is 5.92 Å². The zero-order chi connectivity index (χ0) is 13.5. The second kappa shape index (κ2) is 8.34. The minimum Gasteiger partial charge on any atom is -0.351 e. The lowest BCUT2D eigenvalue weighted by Crippen LogP contribution is -2.28. The van der Waals surface area contributed by atoms with E-state index in [-0.39, 0.29) is 24.2 Å². The van der Waals surface area contributed by atoms with Crippen LogP contribution in [0.5, 0.6) is 0 Å². The Bertz CT molecular complexity index is 422. The molecule has 0 saturated carbocycles. The van der Waals surface area contributed by atoms with Crippen LogP contribution in [0.4, 0.5) is 16.2 Å². The number of primary amides is 1. The van der Waals surface area contributed by atoms with Gasteiger partial charge >= 0.3 is 6.03 Å². The van der Waals surface area contributed by atoms with Crippen molar-refractivity contribution in [2.45, 2.75) is 6.92 Å². The average molecular weight is 287 g/mol. The SMILES string of the molecule is CNCC(C)C(=O)Nc1ccc(NC(N)=O)cc1.Cl. The van der Waals surface area contributed by atoms with E-state index in [0.29, 0.717) is 17.9 Å². The summed E-state index contributed by atoms with van der Waals surface area (Å²) >= 11 is 0. The van der Waals surface area contributed by atoms with E-state index in [0.717, 1.165) is 0 Å². The minimum atomic E-state index is -0.616. The van der Waals surface area contributed by atoms with Crippen molar-refractivity contribution < 1.29 is 9.59 Å². The van der Waals surface area contributed by atoms with E-state index in [1.165, 1.54) is 0 Å². The zero-order valence-electron chi connectivity index (χ0n) is 10.9. The monoisotopic (exact) mass is 286 g/mol. The van der Waals surface area contributed by atoms with Crippen molar-refractivity contribution in [2.75, 3.05) is 24.2 Å². The zero-order valence-corrected chi connectivity index (χ0v) is 11.7. The van der Waals surface area contributed by atoms with E-state index in [1.807, 2.05) is 6.92 Å². The molecule has 1 rings (SSSR count). The first kappa shape index (κ1) is 17.2. The van der Waals surface area contributed by atoms with Crippen molar-refractivity contribution in [2.24, 2.45) is 11.7 Å². The summed E-state index contributed by atoms with van der Waals surface area (Å²) < 4.78 is 0. The van der Waals surface area contributed by atoms with E-state index >= 15 is 0 Å².